The van der Waals surface area contributed by atoms with Gasteiger partial charge in [0.15, 0.2) is 5.13 Å². The summed E-state index contributed by atoms with van der Waals surface area (Å²) in [6.07, 6.45) is 0. The molecule has 1 aromatic carbocycles. The van der Waals surface area contributed by atoms with Crippen molar-refractivity contribution in [2.24, 2.45) is 0 Å². The number of hydrogen-bond acceptors (Lipinski definition) is 6. The van der Waals surface area contributed by atoms with Gasteiger partial charge in [-0.05, 0) is 19.1 Å². The lowest BCUT2D eigenvalue weighted by Gasteiger charge is -2.35. The van der Waals surface area contributed by atoms with E-state index in [1.165, 1.54) is 0 Å². The number of halogens is 1. The van der Waals surface area contributed by atoms with Crippen LogP contribution in [0.5, 0.6) is 0 Å². The molecule has 0 N–H and O–H groups in total. The Hall–Kier alpha value is -1.67. The highest BCUT2D eigenvalue weighted by atomic mass is 79.9. The predicted molar refractivity (Wildman–Crippen MR) is 92.1 cm³/mol. The summed E-state index contributed by atoms with van der Waals surface area (Å²) in [5.74, 6) is 0. The molecule has 22 heavy (non-hydrogen) atoms. The highest BCUT2D eigenvalue weighted by Crippen LogP contribution is 2.32. The van der Waals surface area contributed by atoms with Gasteiger partial charge in [-0.1, -0.05) is 15.9 Å². The second kappa shape index (κ2) is 6.21. The summed E-state index contributed by atoms with van der Waals surface area (Å²) in [6, 6.07) is 5.22. The van der Waals surface area contributed by atoms with Crippen molar-refractivity contribution < 1.29 is 4.92 Å². The second-order valence-electron chi connectivity index (χ2n) is 5.14. The topological polar surface area (TPSA) is 62.5 Å². The molecule has 3 rings (SSSR count). The van der Waals surface area contributed by atoms with E-state index < -0.39 is 0 Å². The van der Waals surface area contributed by atoms with E-state index in [2.05, 4.69) is 30.7 Å². The van der Waals surface area contributed by atoms with E-state index in [4.69, 9.17) is 0 Å². The molecule has 0 spiro atoms. The Labute approximate surface area is 140 Å². The molecule has 116 valence electrons. The molecule has 6 nitrogen and oxygen atoms in total. The minimum absolute atomic E-state index is 0.146. The molecular weight excluding hydrogens is 368 g/mol. The van der Waals surface area contributed by atoms with Gasteiger partial charge in [0.1, 0.15) is 5.69 Å². The number of aromatic nitrogens is 1. The molecule has 1 aliphatic rings. The van der Waals surface area contributed by atoms with Crippen LogP contribution in [0.25, 0.3) is 0 Å². The van der Waals surface area contributed by atoms with Gasteiger partial charge in [-0.25, -0.2) is 4.98 Å². The highest BCUT2D eigenvalue weighted by Gasteiger charge is 2.24. The van der Waals surface area contributed by atoms with Crippen molar-refractivity contribution in [1.29, 1.82) is 0 Å². The Kier molecular flexibility index (Phi) is 4.30. The molecular formula is C14H15BrN4O2S. The lowest BCUT2D eigenvalue weighted by Crippen LogP contribution is -2.46. The van der Waals surface area contributed by atoms with Crippen LogP contribution in [0, 0.1) is 17.0 Å². The number of benzene rings is 1. The maximum atomic E-state index is 11.2. The Balaban J connectivity index is 1.75. The number of piperazine rings is 1. The van der Waals surface area contributed by atoms with E-state index in [1.807, 2.05) is 24.4 Å². The number of aryl methyl sites for hydroxylation is 1. The largest absolute Gasteiger partial charge is 0.362 e. The van der Waals surface area contributed by atoms with Gasteiger partial charge < -0.3 is 9.80 Å². The third kappa shape index (κ3) is 3.07. The summed E-state index contributed by atoms with van der Waals surface area (Å²) in [6.45, 7) is 5.13. The maximum absolute atomic E-state index is 11.2. The molecule has 0 unspecified atom stereocenters. The monoisotopic (exact) mass is 382 g/mol. The fraction of sp³-hybridized carbons (Fsp3) is 0.357. The van der Waals surface area contributed by atoms with Crippen molar-refractivity contribution in [2.45, 2.75) is 6.92 Å². The summed E-state index contributed by atoms with van der Waals surface area (Å²) in [5, 5.41) is 14.3. The minimum Gasteiger partial charge on any atom is -0.362 e. The van der Waals surface area contributed by atoms with E-state index in [1.54, 1.807) is 17.4 Å². The van der Waals surface area contributed by atoms with E-state index in [0.29, 0.717) is 5.69 Å². The van der Waals surface area contributed by atoms with Gasteiger partial charge >= 0.3 is 0 Å². The van der Waals surface area contributed by atoms with Crippen LogP contribution in [0.1, 0.15) is 5.69 Å². The van der Waals surface area contributed by atoms with Gasteiger partial charge in [-0.2, -0.15) is 0 Å². The second-order valence-corrected chi connectivity index (χ2v) is 6.89. The molecule has 0 saturated carbocycles. The first-order chi connectivity index (χ1) is 10.5. The number of nitro benzene ring substituents is 1. The molecule has 8 heteroatoms. The van der Waals surface area contributed by atoms with Gasteiger partial charge in [-0.15, -0.1) is 11.3 Å². The lowest BCUT2D eigenvalue weighted by atomic mass is 10.2. The zero-order valence-corrected chi connectivity index (χ0v) is 14.4. The number of anilines is 2. The molecule has 2 aromatic rings. The van der Waals surface area contributed by atoms with Crippen LogP contribution in [0.3, 0.4) is 0 Å². The molecule has 0 radical (unpaired) electrons. The Bertz CT molecular complexity index is 698. The zero-order chi connectivity index (χ0) is 15.7. The summed E-state index contributed by atoms with van der Waals surface area (Å²) in [4.78, 5) is 19.7. The molecule has 0 atom stereocenters. The zero-order valence-electron chi connectivity index (χ0n) is 12.0. The summed E-state index contributed by atoms with van der Waals surface area (Å²) in [7, 11) is 0. The molecule has 1 aromatic heterocycles. The van der Waals surface area contributed by atoms with Crippen molar-refractivity contribution in [3.05, 3.63) is 43.9 Å². The average molecular weight is 383 g/mol. The Morgan fingerprint density at radius 1 is 1.27 bits per heavy atom. The van der Waals surface area contributed by atoms with Crippen LogP contribution in [0.2, 0.25) is 0 Å². The summed E-state index contributed by atoms with van der Waals surface area (Å²) in [5.41, 5.74) is 1.86. The number of nitrogens with zero attached hydrogens (tertiary/aromatic N) is 4. The van der Waals surface area contributed by atoms with E-state index in [9.17, 15) is 10.1 Å². The molecule has 0 aliphatic carbocycles. The Morgan fingerprint density at radius 2 is 1.95 bits per heavy atom. The summed E-state index contributed by atoms with van der Waals surface area (Å²) >= 11 is 4.94. The van der Waals surface area contributed by atoms with Crippen molar-refractivity contribution in [1.82, 2.24) is 4.98 Å². The molecule has 1 saturated heterocycles. The van der Waals surface area contributed by atoms with Crippen LogP contribution >= 0.6 is 27.3 Å². The summed E-state index contributed by atoms with van der Waals surface area (Å²) < 4.78 is 0.722. The maximum Gasteiger partial charge on any atom is 0.293 e. The highest BCUT2D eigenvalue weighted by molar-refractivity contribution is 9.10. The smallest absolute Gasteiger partial charge is 0.293 e. The van der Waals surface area contributed by atoms with Gasteiger partial charge in [-0.3, -0.25) is 10.1 Å². The predicted octanol–water partition coefficient (Wildman–Crippen LogP) is 3.45. The van der Waals surface area contributed by atoms with Crippen LogP contribution < -0.4 is 9.80 Å². The number of rotatable bonds is 3. The van der Waals surface area contributed by atoms with Gasteiger partial charge in [0.05, 0.1) is 10.6 Å². The number of thiazole rings is 1. The van der Waals surface area contributed by atoms with Gasteiger partial charge in [0.25, 0.3) is 5.69 Å². The third-order valence-corrected chi connectivity index (χ3v) is 5.14. The minimum atomic E-state index is -0.323. The van der Waals surface area contributed by atoms with Crippen LogP contribution in [-0.4, -0.2) is 36.1 Å². The molecule has 1 aliphatic heterocycles. The Morgan fingerprint density at radius 3 is 2.55 bits per heavy atom. The van der Waals surface area contributed by atoms with E-state index in [-0.39, 0.29) is 10.6 Å². The average Bonchev–Trinajstić information content (AvgIpc) is 2.94. The van der Waals surface area contributed by atoms with Crippen molar-refractivity contribution in [3.8, 4) is 0 Å². The fourth-order valence-electron chi connectivity index (χ4n) is 2.54. The van der Waals surface area contributed by atoms with Crippen LogP contribution in [-0.2, 0) is 0 Å². The number of nitro groups is 1. The SMILES string of the molecule is Cc1csc(N2CCN(c3ccc(Br)cc3[N+](=O)[O-])CC2)n1. The quantitative estimate of drug-likeness (QED) is 0.600. The van der Waals surface area contributed by atoms with Crippen LogP contribution in [0.15, 0.2) is 28.1 Å². The first-order valence-electron chi connectivity index (χ1n) is 6.90. The van der Waals surface area contributed by atoms with E-state index >= 15 is 0 Å². The molecule has 1 fully saturated rings. The molecule has 2 heterocycles. The fourth-order valence-corrected chi connectivity index (χ4v) is 3.74. The van der Waals surface area contributed by atoms with Gasteiger partial charge in [0, 0.05) is 42.1 Å². The lowest BCUT2D eigenvalue weighted by molar-refractivity contribution is -0.384. The van der Waals surface area contributed by atoms with Crippen molar-refractivity contribution in [3.63, 3.8) is 0 Å². The van der Waals surface area contributed by atoms with Crippen LogP contribution in [0.4, 0.5) is 16.5 Å². The molecule has 0 bridgehead atoms. The van der Waals surface area contributed by atoms with Gasteiger partial charge in [0.2, 0.25) is 0 Å². The first kappa shape index (κ1) is 15.2. The van der Waals surface area contributed by atoms with Crippen molar-refractivity contribution in [2.75, 3.05) is 36.0 Å². The third-order valence-electron chi connectivity index (χ3n) is 3.63. The first-order valence-corrected chi connectivity index (χ1v) is 8.58. The molecule has 0 amide bonds. The normalized spacial score (nSPS) is 15.2. The van der Waals surface area contributed by atoms with Crippen molar-refractivity contribution >= 4 is 43.8 Å². The standard InChI is InChI=1S/C14H15BrN4O2S/c1-10-9-22-14(16-10)18-6-4-17(5-7-18)12-3-2-11(15)8-13(12)19(20)21/h2-3,8-9H,4-7H2,1H3. The number of hydrogen-bond donors (Lipinski definition) is 0. The van der Waals surface area contributed by atoms with E-state index in [0.717, 1.165) is 41.5 Å².